The molecule has 17 heavy (non-hydrogen) atoms. The molecule has 1 atom stereocenters. The Balaban J connectivity index is 2.39. The van der Waals surface area contributed by atoms with Crippen LogP contribution >= 0.6 is 0 Å². The van der Waals surface area contributed by atoms with E-state index in [1.165, 1.54) is 19.3 Å². The monoisotopic (exact) mass is 235 g/mol. The Morgan fingerprint density at radius 2 is 2.24 bits per heavy atom. The van der Waals surface area contributed by atoms with Crippen LogP contribution in [0.2, 0.25) is 0 Å². The third-order valence-corrected chi connectivity index (χ3v) is 2.70. The van der Waals surface area contributed by atoms with E-state index < -0.39 is 0 Å². The molecule has 1 heterocycles. The van der Waals surface area contributed by atoms with E-state index in [4.69, 9.17) is 4.74 Å². The summed E-state index contributed by atoms with van der Waals surface area (Å²) < 4.78 is 5.67. The van der Waals surface area contributed by atoms with Gasteiger partial charge in [0, 0.05) is 6.20 Å². The average molecular weight is 235 g/mol. The zero-order valence-corrected chi connectivity index (χ0v) is 10.7. The summed E-state index contributed by atoms with van der Waals surface area (Å²) >= 11 is 0. The second-order valence-corrected chi connectivity index (χ2v) is 4.29. The van der Waals surface area contributed by atoms with Crippen LogP contribution in [0, 0.1) is 0 Å². The predicted octanol–water partition coefficient (Wildman–Crippen LogP) is 3.63. The molecule has 3 nitrogen and oxygen atoms in total. The first-order valence-corrected chi connectivity index (χ1v) is 6.34. The Kier molecular flexibility index (Phi) is 6.30. The molecule has 0 saturated heterocycles. The van der Waals surface area contributed by atoms with Crippen molar-refractivity contribution < 1.29 is 9.53 Å². The summed E-state index contributed by atoms with van der Waals surface area (Å²) in [5.74, 6) is 0.450. The summed E-state index contributed by atoms with van der Waals surface area (Å²) in [7, 11) is 0. The molecule has 0 aliphatic heterocycles. The minimum atomic E-state index is 0.112. The number of unbranched alkanes of at least 4 members (excludes halogenated alkanes) is 3. The maximum Gasteiger partial charge on any atom is 0.224 e. The van der Waals surface area contributed by atoms with E-state index in [1.54, 1.807) is 18.3 Å². The molecule has 1 rings (SSSR count). The maximum atomic E-state index is 10.8. The quantitative estimate of drug-likeness (QED) is 0.510. The van der Waals surface area contributed by atoms with Crippen LogP contribution in [0.5, 0.6) is 5.88 Å². The lowest BCUT2D eigenvalue weighted by Gasteiger charge is -2.14. The zero-order chi connectivity index (χ0) is 12.5. The van der Waals surface area contributed by atoms with Crippen LogP contribution in [0.25, 0.3) is 0 Å². The summed E-state index contributed by atoms with van der Waals surface area (Å²) in [4.78, 5) is 14.9. The van der Waals surface area contributed by atoms with Gasteiger partial charge >= 0.3 is 0 Å². The minimum absolute atomic E-state index is 0.112. The van der Waals surface area contributed by atoms with Crippen LogP contribution in [0.3, 0.4) is 0 Å². The van der Waals surface area contributed by atoms with Crippen molar-refractivity contribution in [3.63, 3.8) is 0 Å². The maximum absolute atomic E-state index is 10.8. The highest BCUT2D eigenvalue weighted by molar-refractivity contribution is 5.77. The molecule has 0 radical (unpaired) electrons. The summed E-state index contributed by atoms with van der Waals surface area (Å²) in [5.41, 5.74) is 0.521. The Labute approximate surface area is 103 Å². The third kappa shape index (κ3) is 4.98. The molecule has 0 aliphatic carbocycles. The van der Waals surface area contributed by atoms with Crippen molar-refractivity contribution >= 4 is 6.29 Å². The van der Waals surface area contributed by atoms with E-state index in [0.717, 1.165) is 19.1 Å². The molecule has 0 fully saturated rings. The average Bonchev–Trinajstić information content (AvgIpc) is 2.35. The van der Waals surface area contributed by atoms with Gasteiger partial charge in [-0.2, -0.15) is 0 Å². The highest BCUT2D eigenvalue weighted by Gasteiger charge is 2.08. The van der Waals surface area contributed by atoms with Crippen molar-refractivity contribution in [2.45, 2.75) is 52.1 Å². The molecular formula is C14H21NO2. The number of aromatic nitrogens is 1. The summed E-state index contributed by atoms with van der Waals surface area (Å²) in [6.45, 7) is 4.22. The van der Waals surface area contributed by atoms with Crippen LogP contribution in [-0.4, -0.2) is 17.4 Å². The molecular weight excluding hydrogens is 214 g/mol. The lowest BCUT2D eigenvalue weighted by molar-refractivity contribution is 0.111. The van der Waals surface area contributed by atoms with E-state index >= 15 is 0 Å². The van der Waals surface area contributed by atoms with Crippen molar-refractivity contribution in [1.29, 1.82) is 0 Å². The number of hydrogen-bond acceptors (Lipinski definition) is 3. The summed E-state index contributed by atoms with van der Waals surface area (Å²) in [5, 5.41) is 0. The normalized spacial score (nSPS) is 12.1. The number of rotatable bonds is 8. The van der Waals surface area contributed by atoms with Gasteiger partial charge in [0.1, 0.15) is 0 Å². The first kappa shape index (κ1) is 13.7. The Hall–Kier alpha value is -1.38. The van der Waals surface area contributed by atoms with E-state index in [2.05, 4.69) is 11.9 Å². The number of carbonyl (C=O) groups is 1. The molecule has 0 aliphatic rings. The molecule has 1 unspecified atom stereocenters. The molecule has 0 aromatic carbocycles. The molecule has 94 valence electrons. The van der Waals surface area contributed by atoms with Crippen LogP contribution in [0.1, 0.15) is 56.3 Å². The third-order valence-electron chi connectivity index (χ3n) is 2.70. The van der Waals surface area contributed by atoms with Crippen LogP contribution in [0.15, 0.2) is 18.3 Å². The van der Waals surface area contributed by atoms with Gasteiger partial charge in [0.15, 0.2) is 6.29 Å². The van der Waals surface area contributed by atoms with Gasteiger partial charge in [-0.15, -0.1) is 0 Å². The number of hydrogen-bond donors (Lipinski definition) is 0. The Morgan fingerprint density at radius 3 is 2.94 bits per heavy atom. The van der Waals surface area contributed by atoms with Crippen molar-refractivity contribution in [1.82, 2.24) is 4.98 Å². The van der Waals surface area contributed by atoms with E-state index in [0.29, 0.717) is 11.4 Å². The molecule has 0 N–H and O–H groups in total. The van der Waals surface area contributed by atoms with Crippen LogP contribution in [-0.2, 0) is 0 Å². The van der Waals surface area contributed by atoms with Gasteiger partial charge in [-0.1, -0.05) is 26.2 Å². The summed E-state index contributed by atoms with van der Waals surface area (Å²) in [6, 6.07) is 3.46. The van der Waals surface area contributed by atoms with E-state index in [1.807, 2.05) is 6.92 Å². The first-order chi connectivity index (χ1) is 8.27. The number of aldehydes is 1. The number of pyridine rings is 1. The van der Waals surface area contributed by atoms with Gasteiger partial charge in [0.2, 0.25) is 5.88 Å². The van der Waals surface area contributed by atoms with Crippen molar-refractivity contribution in [2.75, 3.05) is 0 Å². The van der Waals surface area contributed by atoms with Gasteiger partial charge in [-0.3, -0.25) is 4.79 Å². The van der Waals surface area contributed by atoms with Gasteiger partial charge in [0.25, 0.3) is 0 Å². The summed E-state index contributed by atoms with van der Waals surface area (Å²) in [6.07, 6.45) is 8.47. The second kappa shape index (κ2) is 7.82. The predicted molar refractivity (Wildman–Crippen MR) is 68.5 cm³/mol. The van der Waals surface area contributed by atoms with Gasteiger partial charge in [-0.05, 0) is 31.9 Å². The largest absolute Gasteiger partial charge is 0.474 e. The number of carbonyl (C=O) groups excluding carboxylic acids is 1. The molecule has 0 amide bonds. The minimum Gasteiger partial charge on any atom is -0.474 e. The lowest BCUT2D eigenvalue weighted by Crippen LogP contribution is -2.13. The second-order valence-electron chi connectivity index (χ2n) is 4.29. The highest BCUT2D eigenvalue weighted by Crippen LogP contribution is 2.16. The molecule has 0 saturated carbocycles. The van der Waals surface area contributed by atoms with Crippen LogP contribution < -0.4 is 4.74 Å². The highest BCUT2D eigenvalue weighted by atomic mass is 16.5. The molecule has 0 spiro atoms. The lowest BCUT2D eigenvalue weighted by atomic mass is 10.1. The van der Waals surface area contributed by atoms with Crippen molar-refractivity contribution in [2.24, 2.45) is 0 Å². The standard InChI is InChI=1S/C14H21NO2/c1-3-4-5-6-8-12(2)17-14-13(11-16)9-7-10-15-14/h7,9-12H,3-6,8H2,1-2H3. The number of nitrogens with zero attached hydrogens (tertiary/aromatic N) is 1. The van der Waals surface area contributed by atoms with Crippen LogP contribution in [0.4, 0.5) is 0 Å². The molecule has 0 bridgehead atoms. The fourth-order valence-corrected chi connectivity index (χ4v) is 1.70. The topological polar surface area (TPSA) is 39.2 Å². The van der Waals surface area contributed by atoms with Gasteiger partial charge in [0.05, 0.1) is 11.7 Å². The molecule has 1 aromatic rings. The first-order valence-electron chi connectivity index (χ1n) is 6.34. The van der Waals surface area contributed by atoms with Crippen molar-refractivity contribution in [3.05, 3.63) is 23.9 Å². The molecule has 1 aromatic heterocycles. The Morgan fingerprint density at radius 1 is 1.41 bits per heavy atom. The molecule has 3 heteroatoms. The SMILES string of the molecule is CCCCCCC(C)Oc1ncccc1C=O. The number of ether oxygens (including phenoxy) is 1. The fraction of sp³-hybridized carbons (Fsp3) is 0.571. The van der Waals surface area contributed by atoms with E-state index in [-0.39, 0.29) is 6.10 Å². The van der Waals surface area contributed by atoms with E-state index in [9.17, 15) is 4.79 Å². The zero-order valence-electron chi connectivity index (χ0n) is 10.7. The fourth-order valence-electron chi connectivity index (χ4n) is 1.70. The smallest absolute Gasteiger partial charge is 0.224 e. The van der Waals surface area contributed by atoms with Gasteiger partial charge in [-0.25, -0.2) is 4.98 Å². The Bertz CT molecular complexity index is 339. The van der Waals surface area contributed by atoms with Gasteiger partial charge < -0.3 is 4.74 Å². The van der Waals surface area contributed by atoms with Crippen molar-refractivity contribution in [3.8, 4) is 5.88 Å².